The number of nitrogens with two attached hydrogens (primary N) is 1. The Labute approximate surface area is 140 Å². The molecule has 124 valence electrons. The molecule has 0 bridgehead atoms. The summed E-state index contributed by atoms with van der Waals surface area (Å²) in [6.45, 7) is -0.243. The summed E-state index contributed by atoms with van der Waals surface area (Å²) in [4.78, 5) is 4.46. The molecule has 5 heteroatoms. The first kappa shape index (κ1) is 16.5. The van der Waals surface area contributed by atoms with E-state index in [-0.39, 0.29) is 12.6 Å². The molecule has 2 aliphatic rings. The van der Waals surface area contributed by atoms with Crippen LogP contribution in [0, 0.1) is 11.3 Å². The number of pyridine rings is 1. The summed E-state index contributed by atoms with van der Waals surface area (Å²) >= 11 is 0. The van der Waals surface area contributed by atoms with Gasteiger partial charge in [-0.2, -0.15) is 0 Å². The maximum atomic E-state index is 13.8. The maximum Gasteiger partial charge on any atom is 0.127 e. The molecular weight excluding hydrogens is 305 g/mol. The van der Waals surface area contributed by atoms with Gasteiger partial charge in [0.05, 0.1) is 12.3 Å². The predicted molar refractivity (Wildman–Crippen MR) is 94.3 cm³/mol. The van der Waals surface area contributed by atoms with Gasteiger partial charge in [0.15, 0.2) is 0 Å². The van der Waals surface area contributed by atoms with Gasteiger partial charge in [0.1, 0.15) is 6.17 Å². The van der Waals surface area contributed by atoms with Crippen LogP contribution in [0.25, 0.3) is 11.1 Å². The molecule has 3 atom stereocenters. The molecule has 2 aliphatic carbocycles. The highest BCUT2D eigenvalue weighted by Gasteiger charge is 2.22. The minimum Gasteiger partial charge on any atom is -0.396 e. The van der Waals surface area contributed by atoms with Crippen LogP contribution < -0.4 is 5.73 Å². The van der Waals surface area contributed by atoms with Gasteiger partial charge in [0, 0.05) is 29.9 Å². The fourth-order valence-electron chi connectivity index (χ4n) is 2.97. The van der Waals surface area contributed by atoms with Crippen molar-refractivity contribution in [3.63, 3.8) is 0 Å². The van der Waals surface area contributed by atoms with Gasteiger partial charge < -0.3 is 16.2 Å². The monoisotopic (exact) mass is 325 g/mol. The second-order valence-electron chi connectivity index (χ2n) is 5.96. The fraction of sp³-hybridized carbons (Fsp3) is 0.263. The molecule has 0 aromatic carbocycles. The Balaban J connectivity index is 2.03. The van der Waals surface area contributed by atoms with Crippen molar-refractivity contribution in [1.82, 2.24) is 4.98 Å². The van der Waals surface area contributed by atoms with Gasteiger partial charge in [0.2, 0.25) is 0 Å². The van der Waals surface area contributed by atoms with E-state index < -0.39 is 12.1 Å². The minimum absolute atomic E-state index is 0.161. The van der Waals surface area contributed by atoms with Gasteiger partial charge in [-0.1, -0.05) is 24.3 Å². The van der Waals surface area contributed by atoms with Gasteiger partial charge in [-0.25, -0.2) is 4.39 Å². The lowest BCUT2D eigenvalue weighted by atomic mass is 9.87. The summed E-state index contributed by atoms with van der Waals surface area (Å²) < 4.78 is 13.8. The fourth-order valence-corrected chi connectivity index (χ4v) is 2.97. The predicted octanol–water partition coefficient (Wildman–Crippen LogP) is 2.67. The Kier molecular flexibility index (Phi) is 4.83. The molecular formula is C19H20FN3O. The van der Waals surface area contributed by atoms with Crippen molar-refractivity contribution in [2.75, 3.05) is 6.61 Å². The number of nitrogens with one attached hydrogen (secondary N) is 1. The summed E-state index contributed by atoms with van der Waals surface area (Å²) in [6.07, 6.45) is 11.3. The Morgan fingerprint density at radius 3 is 3.00 bits per heavy atom. The van der Waals surface area contributed by atoms with E-state index in [9.17, 15) is 9.50 Å². The third kappa shape index (κ3) is 3.13. The van der Waals surface area contributed by atoms with E-state index >= 15 is 0 Å². The van der Waals surface area contributed by atoms with Crippen LogP contribution in [0.15, 0.2) is 54.3 Å². The summed E-state index contributed by atoms with van der Waals surface area (Å²) in [6, 6.07) is 3.64. The number of aliphatic hydroxyl groups is 1. The van der Waals surface area contributed by atoms with Crippen LogP contribution in [0.2, 0.25) is 0 Å². The lowest BCUT2D eigenvalue weighted by Crippen LogP contribution is -2.24. The van der Waals surface area contributed by atoms with E-state index in [0.29, 0.717) is 6.42 Å². The third-order valence-corrected chi connectivity index (χ3v) is 4.37. The zero-order valence-electron chi connectivity index (χ0n) is 13.2. The molecule has 24 heavy (non-hydrogen) atoms. The first-order chi connectivity index (χ1) is 11.6. The van der Waals surface area contributed by atoms with Crippen molar-refractivity contribution in [2.24, 2.45) is 11.7 Å². The van der Waals surface area contributed by atoms with Gasteiger partial charge in [0.25, 0.3) is 0 Å². The van der Waals surface area contributed by atoms with Crippen LogP contribution >= 0.6 is 0 Å². The highest BCUT2D eigenvalue weighted by Crippen LogP contribution is 2.32. The zero-order valence-corrected chi connectivity index (χ0v) is 13.2. The van der Waals surface area contributed by atoms with Crippen LogP contribution in [0.4, 0.5) is 4.39 Å². The number of aliphatic hydroxyl groups excluding tert-OH is 1. The Bertz CT molecular complexity index is 764. The number of hydrogen-bond acceptors (Lipinski definition) is 4. The number of aromatic nitrogens is 1. The summed E-state index contributed by atoms with van der Waals surface area (Å²) in [7, 11) is 0. The number of nitrogens with zero attached hydrogens (tertiary/aromatic N) is 1. The average Bonchev–Trinajstić information content (AvgIpc) is 2.62. The highest BCUT2D eigenvalue weighted by atomic mass is 19.1. The van der Waals surface area contributed by atoms with Crippen molar-refractivity contribution in [1.29, 1.82) is 5.41 Å². The Hall–Kier alpha value is -2.37. The average molecular weight is 325 g/mol. The van der Waals surface area contributed by atoms with Crippen LogP contribution in [-0.4, -0.2) is 35.1 Å². The molecule has 0 aliphatic heterocycles. The molecule has 0 saturated carbocycles. The molecule has 1 aromatic rings. The van der Waals surface area contributed by atoms with Crippen LogP contribution in [0.1, 0.15) is 17.7 Å². The molecule has 1 aromatic heterocycles. The number of allylic oxidation sites excluding steroid dienone is 5. The van der Waals surface area contributed by atoms with Gasteiger partial charge >= 0.3 is 0 Å². The van der Waals surface area contributed by atoms with Crippen molar-refractivity contribution < 1.29 is 9.50 Å². The first-order valence-corrected chi connectivity index (χ1v) is 7.92. The quantitative estimate of drug-likeness (QED) is 0.744. The maximum absolute atomic E-state index is 13.8. The molecule has 1 heterocycles. The zero-order chi connectivity index (χ0) is 17.1. The molecule has 4 nitrogen and oxygen atoms in total. The number of rotatable bonds is 4. The van der Waals surface area contributed by atoms with Crippen molar-refractivity contribution in [3.05, 3.63) is 65.5 Å². The highest BCUT2D eigenvalue weighted by molar-refractivity contribution is 5.91. The van der Waals surface area contributed by atoms with E-state index in [0.717, 1.165) is 28.0 Å². The standard InChI is InChI=1S/C19H20FN3O/c20-17-5-3-13(9-15(17)11-24)19-16(2-1-7-23-19)12-4-6-18(22)14(8-12)10-21/h1-5,7-10,15,17-18,21,24H,6,11,22H2. The summed E-state index contributed by atoms with van der Waals surface area (Å²) in [5.41, 5.74) is 10.2. The van der Waals surface area contributed by atoms with E-state index in [4.69, 9.17) is 11.1 Å². The second-order valence-corrected chi connectivity index (χ2v) is 5.96. The van der Waals surface area contributed by atoms with Crippen LogP contribution in [-0.2, 0) is 0 Å². The lowest BCUT2D eigenvalue weighted by Gasteiger charge is -2.21. The van der Waals surface area contributed by atoms with E-state index in [1.54, 1.807) is 18.3 Å². The molecule has 0 radical (unpaired) electrons. The van der Waals surface area contributed by atoms with Crippen molar-refractivity contribution in [3.8, 4) is 0 Å². The Morgan fingerprint density at radius 2 is 2.25 bits per heavy atom. The molecule has 3 rings (SSSR count). The Morgan fingerprint density at radius 1 is 1.42 bits per heavy atom. The van der Waals surface area contributed by atoms with Crippen molar-refractivity contribution in [2.45, 2.75) is 18.6 Å². The van der Waals surface area contributed by atoms with Crippen molar-refractivity contribution >= 4 is 17.4 Å². The van der Waals surface area contributed by atoms with E-state index in [2.05, 4.69) is 4.98 Å². The number of alkyl halides is 1. The van der Waals surface area contributed by atoms with Crippen LogP contribution in [0.5, 0.6) is 0 Å². The molecule has 3 unspecified atom stereocenters. The van der Waals surface area contributed by atoms with E-state index in [1.807, 2.05) is 24.3 Å². The smallest absolute Gasteiger partial charge is 0.127 e. The lowest BCUT2D eigenvalue weighted by molar-refractivity contribution is 0.195. The first-order valence-electron chi connectivity index (χ1n) is 7.92. The second kappa shape index (κ2) is 7.03. The molecule has 0 spiro atoms. The number of halogens is 1. The van der Waals surface area contributed by atoms with Gasteiger partial charge in [-0.3, -0.25) is 4.98 Å². The third-order valence-electron chi connectivity index (χ3n) is 4.37. The van der Waals surface area contributed by atoms with Crippen LogP contribution in [0.3, 0.4) is 0 Å². The summed E-state index contributed by atoms with van der Waals surface area (Å²) in [5, 5.41) is 16.8. The molecule has 0 saturated heterocycles. The largest absolute Gasteiger partial charge is 0.396 e. The number of hydrogen-bond donors (Lipinski definition) is 3. The minimum atomic E-state index is -1.18. The van der Waals surface area contributed by atoms with E-state index in [1.165, 1.54) is 12.3 Å². The molecule has 0 fully saturated rings. The van der Waals surface area contributed by atoms with Gasteiger partial charge in [-0.05, 0) is 41.4 Å². The SMILES string of the molecule is N=CC1=CC(c2cccnc2C2=CC(CO)C(F)C=C2)=CCC1N. The molecule has 0 amide bonds. The van der Waals surface area contributed by atoms with Gasteiger partial charge in [-0.15, -0.1) is 0 Å². The molecule has 4 N–H and O–H groups in total. The summed E-state index contributed by atoms with van der Waals surface area (Å²) in [5.74, 6) is -0.554. The topological polar surface area (TPSA) is 83.0 Å². The normalized spacial score (nSPS) is 26.5.